The van der Waals surface area contributed by atoms with Gasteiger partial charge in [0, 0.05) is 13.7 Å². The van der Waals surface area contributed by atoms with E-state index in [1.54, 1.807) is 7.11 Å². The maximum atomic E-state index is 5.07. The fraction of sp³-hybridized carbons (Fsp3) is 1.00. The molecule has 1 saturated carbocycles. The first-order valence-electron chi connectivity index (χ1n) is 5.00. The molecule has 1 aliphatic rings. The average Bonchev–Trinajstić information content (AvgIpc) is 2.06. The number of methoxy groups -OCH3 is 1. The third kappa shape index (κ3) is 3.55. The van der Waals surface area contributed by atoms with Crippen molar-refractivity contribution in [3.63, 3.8) is 0 Å². The molecule has 1 fully saturated rings. The van der Waals surface area contributed by atoms with E-state index in [0.29, 0.717) is 0 Å². The van der Waals surface area contributed by atoms with Crippen molar-refractivity contribution in [2.75, 3.05) is 27.4 Å². The van der Waals surface area contributed by atoms with Crippen LogP contribution in [0.4, 0.5) is 0 Å². The molecule has 0 unspecified atom stereocenters. The van der Waals surface area contributed by atoms with Gasteiger partial charge in [-0.05, 0) is 25.8 Å². The van der Waals surface area contributed by atoms with Gasteiger partial charge in [0.15, 0.2) is 0 Å². The molecule has 2 heteroatoms. The third-order valence-electron chi connectivity index (χ3n) is 2.64. The molecule has 0 aromatic rings. The molecule has 0 aromatic heterocycles. The molecule has 0 bridgehead atoms. The van der Waals surface area contributed by atoms with Crippen molar-refractivity contribution >= 4 is 0 Å². The van der Waals surface area contributed by atoms with Crippen LogP contribution in [0.5, 0.6) is 0 Å². The van der Waals surface area contributed by atoms with E-state index in [-0.39, 0.29) is 0 Å². The number of nitrogens with zero attached hydrogens (tertiary/aromatic N) is 1. The van der Waals surface area contributed by atoms with Gasteiger partial charge in [-0.25, -0.2) is 0 Å². The van der Waals surface area contributed by atoms with Crippen LogP contribution in [0.15, 0.2) is 0 Å². The summed E-state index contributed by atoms with van der Waals surface area (Å²) in [5.74, 6) is 0.930. The quantitative estimate of drug-likeness (QED) is 0.601. The first-order chi connectivity index (χ1) is 5.83. The van der Waals surface area contributed by atoms with Crippen LogP contribution in [-0.4, -0.2) is 32.3 Å². The molecule has 12 heavy (non-hydrogen) atoms. The lowest BCUT2D eigenvalue weighted by Gasteiger charge is -2.26. The molecule has 0 saturated heterocycles. The van der Waals surface area contributed by atoms with Crippen LogP contribution in [0, 0.1) is 5.92 Å². The molecular formula is C10H21NO. The summed E-state index contributed by atoms with van der Waals surface area (Å²) in [7, 11) is 3.90. The predicted molar refractivity (Wildman–Crippen MR) is 51.1 cm³/mol. The highest BCUT2D eigenvalue weighted by Crippen LogP contribution is 2.23. The highest BCUT2D eigenvalue weighted by Gasteiger charge is 2.14. The van der Waals surface area contributed by atoms with E-state index in [1.807, 2.05) is 0 Å². The van der Waals surface area contributed by atoms with E-state index in [9.17, 15) is 0 Å². The first kappa shape index (κ1) is 10.0. The lowest BCUT2D eigenvalue weighted by Crippen LogP contribution is -2.28. The summed E-state index contributed by atoms with van der Waals surface area (Å²) in [5.41, 5.74) is 0. The third-order valence-corrected chi connectivity index (χ3v) is 2.64. The van der Waals surface area contributed by atoms with Gasteiger partial charge in [-0.3, -0.25) is 4.90 Å². The van der Waals surface area contributed by atoms with Crippen molar-refractivity contribution < 1.29 is 4.74 Å². The van der Waals surface area contributed by atoms with Gasteiger partial charge in [-0.15, -0.1) is 0 Å². The summed E-state index contributed by atoms with van der Waals surface area (Å²) < 4.78 is 5.07. The largest absolute Gasteiger partial charge is 0.369 e. The second kappa shape index (κ2) is 5.55. The second-order valence-corrected chi connectivity index (χ2v) is 3.96. The van der Waals surface area contributed by atoms with Gasteiger partial charge >= 0.3 is 0 Å². The molecule has 1 rings (SSSR count). The molecule has 72 valence electrons. The fourth-order valence-electron chi connectivity index (χ4n) is 2.08. The minimum Gasteiger partial charge on any atom is -0.369 e. The lowest BCUT2D eigenvalue weighted by atomic mass is 9.89. The maximum Gasteiger partial charge on any atom is 0.0984 e. The summed E-state index contributed by atoms with van der Waals surface area (Å²) in [5, 5.41) is 0. The van der Waals surface area contributed by atoms with E-state index < -0.39 is 0 Å². The molecule has 0 heterocycles. The normalized spacial score (nSPS) is 20.2. The fourth-order valence-corrected chi connectivity index (χ4v) is 2.08. The van der Waals surface area contributed by atoms with E-state index >= 15 is 0 Å². The van der Waals surface area contributed by atoms with Gasteiger partial charge in [0.05, 0.1) is 6.73 Å². The lowest BCUT2D eigenvalue weighted by molar-refractivity contribution is 0.0663. The molecule has 0 aromatic carbocycles. The minimum atomic E-state index is 0.774. The predicted octanol–water partition coefficient (Wildman–Crippen LogP) is 2.10. The van der Waals surface area contributed by atoms with E-state index in [2.05, 4.69) is 11.9 Å². The van der Waals surface area contributed by atoms with E-state index in [1.165, 1.54) is 38.6 Å². The van der Waals surface area contributed by atoms with E-state index in [0.717, 1.165) is 12.6 Å². The molecule has 0 spiro atoms. The monoisotopic (exact) mass is 171 g/mol. The van der Waals surface area contributed by atoms with Crippen LogP contribution >= 0.6 is 0 Å². The van der Waals surface area contributed by atoms with Crippen LogP contribution in [0.2, 0.25) is 0 Å². The van der Waals surface area contributed by atoms with Crippen molar-refractivity contribution in [3.8, 4) is 0 Å². The van der Waals surface area contributed by atoms with Gasteiger partial charge in [-0.1, -0.05) is 19.3 Å². The zero-order valence-corrected chi connectivity index (χ0v) is 8.38. The average molecular weight is 171 g/mol. The Balaban J connectivity index is 2.11. The SMILES string of the molecule is COCN(C)CC1CCCCC1. The Hall–Kier alpha value is -0.0800. The molecule has 2 nitrogen and oxygen atoms in total. The van der Waals surface area contributed by atoms with Crippen molar-refractivity contribution in [3.05, 3.63) is 0 Å². The van der Waals surface area contributed by atoms with Crippen LogP contribution in [0.1, 0.15) is 32.1 Å². The van der Waals surface area contributed by atoms with Crippen molar-refractivity contribution in [1.82, 2.24) is 4.90 Å². The van der Waals surface area contributed by atoms with Crippen LogP contribution in [0.25, 0.3) is 0 Å². The standard InChI is InChI=1S/C10H21NO/c1-11(9-12-2)8-10-6-4-3-5-7-10/h10H,3-9H2,1-2H3. The first-order valence-corrected chi connectivity index (χ1v) is 5.00. The number of hydrogen-bond acceptors (Lipinski definition) is 2. The van der Waals surface area contributed by atoms with Crippen molar-refractivity contribution in [2.24, 2.45) is 5.92 Å². The zero-order valence-electron chi connectivity index (χ0n) is 8.38. The highest BCUT2D eigenvalue weighted by atomic mass is 16.5. The maximum absolute atomic E-state index is 5.07. The summed E-state index contributed by atoms with van der Waals surface area (Å²) in [6.07, 6.45) is 7.17. The molecular weight excluding hydrogens is 150 g/mol. The highest BCUT2D eigenvalue weighted by molar-refractivity contribution is 4.67. The van der Waals surface area contributed by atoms with Crippen LogP contribution in [0.3, 0.4) is 0 Å². The molecule has 0 aliphatic heterocycles. The Kier molecular flexibility index (Phi) is 4.62. The van der Waals surface area contributed by atoms with Crippen molar-refractivity contribution in [2.45, 2.75) is 32.1 Å². The van der Waals surface area contributed by atoms with Gasteiger partial charge in [-0.2, -0.15) is 0 Å². The molecule has 0 amide bonds. The minimum absolute atomic E-state index is 0.774. The van der Waals surface area contributed by atoms with Gasteiger partial charge < -0.3 is 4.74 Å². The Morgan fingerprint density at radius 2 is 1.92 bits per heavy atom. The van der Waals surface area contributed by atoms with Gasteiger partial charge in [0.25, 0.3) is 0 Å². The van der Waals surface area contributed by atoms with E-state index in [4.69, 9.17) is 4.74 Å². The molecule has 0 radical (unpaired) electrons. The Labute approximate surface area is 75.9 Å². The summed E-state index contributed by atoms with van der Waals surface area (Å²) >= 11 is 0. The molecule has 0 atom stereocenters. The Bertz CT molecular complexity index is 110. The number of hydrogen-bond donors (Lipinski definition) is 0. The second-order valence-electron chi connectivity index (χ2n) is 3.96. The topological polar surface area (TPSA) is 12.5 Å². The smallest absolute Gasteiger partial charge is 0.0984 e. The van der Waals surface area contributed by atoms with Gasteiger partial charge in [0.2, 0.25) is 0 Å². The molecule has 0 N–H and O–H groups in total. The van der Waals surface area contributed by atoms with Gasteiger partial charge in [0.1, 0.15) is 0 Å². The van der Waals surface area contributed by atoms with Crippen LogP contribution in [-0.2, 0) is 4.74 Å². The summed E-state index contributed by atoms with van der Waals surface area (Å²) in [6, 6.07) is 0. The zero-order chi connectivity index (χ0) is 8.81. The molecule has 1 aliphatic carbocycles. The summed E-state index contributed by atoms with van der Waals surface area (Å²) in [4.78, 5) is 2.27. The summed E-state index contributed by atoms with van der Waals surface area (Å²) in [6.45, 7) is 1.99. The Morgan fingerprint density at radius 3 is 2.50 bits per heavy atom. The number of ether oxygens (including phenoxy) is 1. The van der Waals surface area contributed by atoms with Crippen LogP contribution < -0.4 is 0 Å². The Morgan fingerprint density at radius 1 is 1.25 bits per heavy atom. The van der Waals surface area contributed by atoms with Crippen molar-refractivity contribution in [1.29, 1.82) is 0 Å². The number of rotatable bonds is 4.